The number of rotatable bonds is 37. The zero-order valence-corrected chi connectivity index (χ0v) is 53.3. The second-order valence-corrected chi connectivity index (χ2v) is 24.9. The van der Waals surface area contributed by atoms with E-state index < -0.39 is 54.5 Å². The lowest BCUT2D eigenvalue weighted by Crippen LogP contribution is -2.37. The summed E-state index contributed by atoms with van der Waals surface area (Å²) in [4.78, 5) is 54.9. The zero-order chi connectivity index (χ0) is 62.3. The number of benzene rings is 6. The molecule has 3 heterocycles. The summed E-state index contributed by atoms with van der Waals surface area (Å²) < 4.78 is 55.8. The van der Waals surface area contributed by atoms with Crippen LogP contribution in [-0.2, 0) is 61.8 Å². The molecule has 2 saturated heterocycles. The van der Waals surface area contributed by atoms with Crippen molar-refractivity contribution in [2.45, 2.75) is 235 Å². The summed E-state index contributed by atoms with van der Waals surface area (Å²) in [6, 6.07) is 41.9. The SMILES string of the molecule is CCCCCCCCCC[C@H](OC(=O)[C@H](OC)c1ccc2ccccc2c1)[C@H]1CC[C@H]([C@H]2CC[C@H]([C@@H](CCCCCCCCCC[C@H](CC3=C[C@H](C)OC3=O)OC(=O)[C@H](OC)c3ccc4ccccc4c3)OC(=O)[C@H](OC)c3ccc4ccccc4c3)O2)O1. The standard InChI is InChI=1S/C76H96O13/c1-6-7-8-9-10-14-17-20-35-64(88-75(79)71(82-4)60-41-38-54-29-23-26-32-57(54)49-60)66-43-45-68(86-66)69-46-44-67(87-69)65(89-76(80)72(83-5)61-42-39-55-30-24-27-33-58(55)50-61)36-21-18-15-12-11-13-16-19-34-63(51-62-47-52(2)84-73(62)77)85-74(78)70(81-3)59-40-37-53-28-22-25-31-56(53)48-59/h22-33,37-42,47-50,52,63-72H,6-21,34-36,43-46,51H2,1-5H3/t52-,63+,64-,65+,66+,67+,68+,69+,70+,71+,72+/m0/s1. The predicted molar refractivity (Wildman–Crippen MR) is 348 cm³/mol. The maximum Gasteiger partial charge on any atom is 0.340 e. The number of hydrogen-bond acceptors (Lipinski definition) is 13. The molecule has 0 aromatic heterocycles. The van der Waals surface area contributed by atoms with Crippen LogP contribution in [0.25, 0.3) is 32.3 Å². The average molecular weight is 1220 g/mol. The lowest BCUT2D eigenvalue weighted by atomic mass is 9.99. The summed E-state index contributed by atoms with van der Waals surface area (Å²) >= 11 is 0. The van der Waals surface area contributed by atoms with E-state index in [-0.39, 0.29) is 36.5 Å². The molecule has 2 fully saturated rings. The molecule has 9 rings (SSSR count). The Kier molecular flexibility index (Phi) is 26.0. The van der Waals surface area contributed by atoms with Crippen LogP contribution in [-0.4, -0.2) is 94.0 Å². The number of carbonyl (C=O) groups excluding carboxylic acids is 4. The fraction of sp³-hybridized carbons (Fsp3) is 0.526. The van der Waals surface area contributed by atoms with Crippen LogP contribution in [0.2, 0.25) is 0 Å². The van der Waals surface area contributed by atoms with Crippen molar-refractivity contribution in [3.8, 4) is 0 Å². The van der Waals surface area contributed by atoms with Gasteiger partial charge in [0.2, 0.25) is 0 Å². The third kappa shape index (κ3) is 19.0. The van der Waals surface area contributed by atoms with Crippen molar-refractivity contribution < 1.29 is 61.8 Å². The topological polar surface area (TPSA) is 151 Å². The van der Waals surface area contributed by atoms with E-state index >= 15 is 0 Å². The van der Waals surface area contributed by atoms with Gasteiger partial charge in [0.1, 0.15) is 24.4 Å². The van der Waals surface area contributed by atoms with Gasteiger partial charge < -0.3 is 42.6 Å². The number of hydrogen-bond donors (Lipinski definition) is 0. The van der Waals surface area contributed by atoms with E-state index in [1.54, 1.807) is 14.2 Å². The Hall–Kier alpha value is -6.48. The van der Waals surface area contributed by atoms with Gasteiger partial charge in [-0.2, -0.15) is 0 Å². The molecule has 3 aliphatic rings. The van der Waals surface area contributed by atoms with Gasteiger partial charge in [0, 0.05) is 33.3 Å². The number of ether oxygens (including phenoxy) is 9. The van der Waals surface area contributed by atoms with Crippen molar-refractivity contribution >= 4 is 56.2 Å². The molecular weight excluding hydrogens is 1120 g/mol. The lowest BCUT2D eigenvalue weighted by Gasteiger charge is -2.29. The lowest BCUT2D eigenvalue weighted by molar-refractivity contribution is -0.177. The summed E-state index contributed by atoms with van der Waals surface area (Å²) in [7, 11) is 4.62. The van der Waals surface area contributed by atoms with Crippen molar-refractivity contribution in [1.82, 2.24) is 0 Å². The molecule has 6 aromatic carbocycles. The van der Waals surface area contributed by atoms with Crippen LogP contribution in [0.5, 0.6) is 0 Å². The van der Waals surface area contributed by atoms with Gasteiger partial charge in [-0.05, 0) is 144 Å². The largest absolute Gasteiger partial charge is 0.460 e. The minimum Gasteiger partial charge on any atom is -0.460 e. The molecule has 478 valence electrons. The van der Waals surface area contributed by atoms with Gasteiger partial charge in [-0.1, -0.05) is 200 Å². The van der Waals surface area contributed by atoms with Crippen molar-refractivity contribution in [1.29, 1.82) is 0 Å². The number of methoxy groups -OCH3 is 3. The molecule has 0 spiro atoms. The maximum atomic E-state index is 14.3. The minimum atomic E-state index is -0.905. The van der Waals surface area contributed by atoms with Crippen molar-refractivity contribution in [2.24, 2.45) is 0 Å². The van der Waals surface area contributed by atoms with E-state index in [2.05, 4.69) is 19.1 Å². The van der Waals surface area contributed by atoms with Gasteiger partial charge >= 0.3 is 23.9 Å². The molecule has 0 unspecified atom stereocenters. The summed E-state index contributed by atoms with van der Waals surface area (Å²) in [5.74, 6) is -1.68. The highest BCUT2D eigenvalue weighted by Gasteiger charge is 2.44. The number of esters is 4. The van der Waals surface area contributed by atoms with Crippen LogP contribution in [0.3, 0.4) is 0 Å². The molecule has 11 atom stereocenters. The smallest absolute Gasteiger partial charge is 0.340 e. The molecule has 0 aliphatic carbocycles. The molecule has 0 bridgehead atoms. The van der Waals surface area contributed by atoms with Crippen molar-refractivity contribution in [3.63, 3.8) is 0 Å². The van der Waals surface area contributed by atoms with Gasteiger partial charge in [0.05, 0.1) is 24.4 Å². The molecule has 6 aromatic rings. The van der Waals surface area contributed by atoms with E-state index in [1.807, 2.05) is 128 Å². The highest BCUT2D eigenvalue weighted by molar-refractivity contribution is 5.91. The first-order chi connectivity index (χ1) is 43.5. The Labute approximate surface area is 527 Å². The zero-order valence-electron chi connectivity index (χ0n) is 53.3. The molecule has 13 heteroatoms. The molecular formula is C76H96O13. The molecule has 0 radical (unpaired) electrons. The van der Waals surface area contributed by atoms with Crippen molar-refractivity contribution in [2.75, 3.05) is 21.3 Å². The average Bonchev–Trinajstić information content (AvgIpc) is 2.60. The van der Waals surface area contributed by atoms with E-state index in [0.29, 0.717) is 36.8 Å². The van der Waals surface area contributed by atoms with Crippen molar-refractivity contribution in [3.05, 3.63) is 156 Å². The van der Waals surface area contributed by atoms with E-state index in [4.69, 9.17) is 42.6 Å². The van der Waals surface area contributed by atoms with Gasteiger partial charge in [-0.25, -0.2) is 19.2 Å². The Morgan fingerprint density at radius 1 is 0.449 bits per heavy atom. The summed E-state index contributed by atoms with van der Waals surface area (Å²) in [5, 5.41) is 6.30. The Morgan fingerprint density at radius 3 is 1.18 bits per heavy atom. The monoisotopic (exact) mass is 1220 g/mol. The van der Waals surface area contributed by atoms with Crippen LogP contribution >= 0.6 is 0 Å². The summed E-state index contributed by atoms with van der Waals surface area (Å²) in [6.45, 7) is 4.07. The van der Waals surface area contributed by atoms with Gasteiger partial charge in [-0.15, -0.1) is 0 Å². The van der Waals surface area contributed by atoms with Crippen LogP contribution < -0.4 is 0 Å². The number of unbranched alkanes of at least 4 members (excludes halogenated alkanes) is 14. The van der Waals surface area contributed by atoms with Crippen LogP contribution in [0.15, 0.2) is 139 Å². The first-order valence-corrected chi connectivity index (χ1v) is 33.4. The molecule has 13 nitrogen and oxygen atoms in total. The molecule has 0 saturated carbocycles. The predicted octanol–water partition coefficient (Wildman–Crippen LogP) is 17.1. The molecule has 89 heavy (non-hydrogen) atoms. The molecule has 0 N–H and O–H groups in total. The highest BCUT2D eigenvalue weighted by atomic mass is 16.6. The Morgan fingerprint density at radius 2 is 0.809 bits per heavy atom. The van der Waals surface area contributed by atoms with Crippen LogP contribution in [0.4, 0.5) is 0 Å². The molecule has 0 amide bonds. The Balaban J connectivity index is 0.783. The van der Waals surface area contributed by atoms with Crippen LogP contribution in [0, 0.1) is 0 Å². The first-order valence-electron chi connectivity index (χ1n) is 33.4. The quantitative estimate of drug-likeness (QED) is 0.0207. The van der Waals surface area contributed by atoms with Gasteiger partial charge in [0.15, 0.2) is 18.3 Å². The number of carbonyl (C=O) groups is 4. The fourth-order valence-corrected chi connectivity index (χ4v) is 13.5. The van der Waals surface area contributed by atoms with E-state index in [1.165, 1.54) is 39.2 Å². The van der Waals surface area contributed by atoms with Gasteiger partial charge in [0.25, 0.3) is 0 Å². The third-order valence-corrected chi connectivity index (χ3v) is 18.4. The molecule has 3 aliphatic heterocycles. The summed E-state index contributed by atoms with van der Waals surface area (Å²) in [5.41, 5.74) is 2.75. The Bertz CT molecular complexity index is 3240. The normalized spacial score (nSPS) is 20.4. The third-order valence-electron chi connectivity index (χ3n) is 18.4. The first kappa shape index (κ1) is 66.9. The number of cyclic esters (lactones) is 1. The fourth-order valence-electron chi connectivity index (χ4n) is 13.5. The van der Waals surface area contributed by atoms with Crippen LogP contribution in [0.1, 0.15) is 203 Å². The number of fused-ring (bicyclic) bond motifs is 3. The van der Waals surface area contributed by atoms with E-state index in [9.17, 15) is 19.2 Å². The van der Waals surface area contributed by atoms with E-state index in [0.717, 1.165) is 140 Å². The maximum absolute atomic E-state index is 14.3. The minimum absolute atomic E-state index is 0.193. The second kappa shape index (κ2) is 34.6. The summed E-state index contributed by atoms with van der Waals surface area (Å²) in [6.07, 6.45) is 18.8. The van der Waals surface area contributed by atoms with Gasteiger partial charge in [-0.3, -0.25) is 0 Å². The second-order valence-electron chi connectivity index (χ2n) is 24.9. The highest BCUT2D eigenvalue weighted by Crippen LogP contribution is 2.38.